The highest BCUT2D eigenvalue weighted by Crippen LogP contribution is 2.35. The molecule has 0 bridgehead atoms. The topological polar surface area (TPSA) is 108 Å². The molecule has 32 heavy (non-hydrogen) atoms. The van der Waals surface area contributed by atoms with Crippen molar-refractivity contribution in [3.8, 4) is 11.5 Å². The van der Waals surface area contributed by atoms with Gasteiger partial charge in [-0.2, -0.15) is 0 Å². The Bertz CT molecular complexity index is 1020. The van der Waals surface area contributed by atoms with Crippen LogP contribution in [0.25, 0.3) is 6.08 Å². The summed E-state index contributed by atoms with van der Waals surface area (Å²) < 4.78 is 20.8. The zero-order valence-corrected chi connectivity index (χ0v) is 18.0. The lowest BCUT2D eigenvalue weighted by Gasteiger charge is -2.16. The van der Waals surface area contributed by atoms with Crippen LogP contribution in [-0.4, -0.2) is 44.3 Å². The minimum Gasteiger partial charge on any atom is -0.493 e. The van der Waals surface area contributed by atoms with E-state index in [1.807, 2.05) is 0 Å². The maximum atomic E-state index is 12.0. The maximum absolute atomic E-state index is 12.0. The van der Waals surface area contributed by atoms with Gasteiger partial charge in [0.2, 0.25) is 0 Å². The average molecular weight is 440 g/mol. The standard InChI is InChI=1S/C24H24O8/c1-5-6-18-11-16(12-19(23(27)30-3)24(28)31-4)13-20(29-2)21(18)32-14-15-7-9-17(10-8-15)22(25)26/h5,7-13H,1,6,14H2,2-4H3,(H,25,26). The predicted molar refractivity (Wildman–Crippen MR) is 117 cm³/mol. The van der Waals surface area contributed by atoms with E-state index in [4.69, 9.17) is 14.6 Å². The molecule has 2 aromatic carbocycles. The Hall–Kier alpha value is -4.07. The molecule has 0 aliphatic carbocycles. The van der Waals surface area contributed by atoms with Gasteiger partial charge in [-0.25, -0.2) is 14.4 Å². The fraction of sp³-hybridized carbons (Fsp3) is 0.208. The number of benzene rings is 2. The summed E-state index contributed by atoms with van der Waals surface area (Å²) in [6.07, 6.45) is 3.45. The fourth-order valence-electron chi connectivity index (χ4n) is 2.88. The SMILES string of the molecule is C=CCc1cc(C=C(C(=O)OC)C(=O)OC)cc(OC)c1OCc1ccc(C(=O)O)cc1. The molecule has 0 fully saturated rings. The Morgan fingerprint density at radius 2 is 1.62 bits per heavy atom. The van der Waals surface area contributed by atoms with Crippen LogP contribution in [0.3, 0.4) is 0 Å². The summed E-state index contributed by atoms with van der Waals surface area (Å²) in [4.78, 5) is 35.0. The molecule has 1 N–H and O–H groups in total. The van der Waals surface area contributed by atoms with Gasteiger partial charge in [0.05, 0.1) is 26.9 Å². The number of allylic oxidation sites excluding steroid dienone is 1. The largest absolute Gasteiger partial charge is 0.493 e. The van der Waals surface area contributed by atoms with E-state index in [0.29, 0.717) is 29.0 Å². The molecule has 0 radical (unpaired) electrons. The van der Waals surface area contributed by atoms with Crippen molar-refractivity contribution in [2.75, 3.05) is 21.3 Å². The Morgan fingerprint density at radius 3 is 2.12 bits per heavy atom. The van der Waals surface area contributed by atoms with Crippen molar-refractivity contribution in [1.29, 1.82) is 0 Å². The van der Waals surface area contributed by atoms with Crippen LogP contribution in [0, 0.1) is 0 Å². The highest BCUT2D eigenvalue weighted by molar-refractivity contribution is 6.17. The number of ether oxygens (including phenoxy) is 4. The number of methoxy groups -OCH3 is 3. The van der Waals surface area contributed by atoms with Crippen LogP contribution in [0.1, 0.15) is 27.0 Å². The smallest absolute Gasteiger partial charge is 0.345 e. The lowest BCUT2D eigenvalue weighted by atomic mass is 10.0. The lowest BCUT2D eigenvalue weighted by Crippen LogP contribution is -2.15. The Labute approximate surface area is 185 Å². The second kappa shape index (κ2) is 11.4. The molecule has 8 nitrogen and oxygen atoms in total. The van der Waals surface area contributed by atoms with Gasteiger partial charge >= 0.3 is 17.9 Å². The summed E-state index contributed by atoms with van der Waals surface area (Å²) in [5.74, 6) is -1.82. The molecule has 0 spiro atoms. The van der Waals surface area contributed by atoms with Gasteiger partial charge in [-0.1, -0.05) is 18.2 Å². The molecule has 2 rings (SSSR count). The van der Waals surface area contributed by atoms with E-state index >= 15 is 0 Å². The predicted octanol–water partition coefficient (Wildman–Crippen LogP) is 3.43. The number of hydrogen-bond donors (Lipinski definition) is 1. The minimum absolute atomic E-state index is 0.172. The summed E-state index contributed by atoms with van der Waals surface area (Å²) in [6, 6.07) is 9.68. The number of rotatable bonds is 10. The molecule has 8 heteroatoms. The van der Waals surface area contributed by atoms with Crippen LogP contribution in [0.5, 0.6) is 11.5 Å². The van der Waals surface area contributed by atoms with Gasteiger partial charge in [0.1, 0.15) is 12.2 Å². The highest BCUT2D eigenvalue weighted by atomic mass is 16.5. The highest BCUT2D eigenvalue weighted by Gasteiger charge is 2.21. The van der Waals surface area contributed by atoms with E-state index in [0.717, 1.165) is 5.56 Å². The summed E-state index contributed by atoms with van der Waals surface area (Å²) in [5.41, 5.74) is 1.89. The van der Waals surface area contributed by atoms with Crippen LogP contribution in [0.15, 0.2) is 54.6 Å². The number of hydrogen-bond acceptors (Lipinski definition) is 7. The van der Waals surface area contributed by atoms with E-state index in [9.17, 15) is 14.4 Å². The van der Waals surface area contributed by atoms with E-state index in [2.05, 4.69) is 16.1 Å². The van der Waals surface area contributed by atoms with Crippen LogP contribution in [0.2, 0.25) is 0 Å². The van der Waals surface area contributed by atoms with Gasteiger partial charge < -0.3 is 24.1 Å². The van der Waals surface area contributed by atoms with Crippen molar-refractivity contribution in [2.45, 2.75) is 13.0 Å². The normalized spacial score (nSPS) is 9.97. The molecular formula is C24H24O8. The molecule has 0 saturated heterocycles. The first-order chi connectivity index (χ1) is 15.3. The number of carboxylic acids is 1. The molecule has 0 amide bonds. The maximum Gasteiger partial charge on any atom is 0.345 e. The second-order valence-electron chi connectivity index (χ2n) is 6.54. The van der Waals surface area contributed by atoms with E-state index in [1.54, 1.807) is 30.3 Å². The quantitative estimate of drug-likeness (QED) is 0.197. The lowest BCUT2D eigenvalue weighted by molar-refractivity contribution is -0.143. The number of carbonyl (C=O) groups excluding carboxylic acids is 2. The molecule has 0 aliphatic heterocycles. The van der Waals surface area contributed by atoms with Crippen LogP contribution in [0.4, 0.5) is 0 Å². The van der Waals surface area contributed by atoms with Gasteiger partial charge in [-0.3, -0.25) is 0 Å². The van der Waals surface area contributed by atoms with Gasteiger partial charge in [-0.15, -0.1) is 6.58 Å². The van der Waals surface area contributed by atoms with Crippen molar-refractivity contribution in [2.24, 2.45) is 0 Å². The van der Waals surface area contributed by atoms with Crippen LogP contribution < -0.4 is 9.47 Å². The Kier molecular flexibility index (Phi) is 8.59. The Morgan fingerprint density at radius 1 is 1.00 bits per heavy atom. The summed E-state index contributed by atoms with van der Waals surface area (Å²) in [6.45, 7) is 3.93. The molecule has 0 aliphatic rings. The summed E-state index contributed by atoms with van der Waals surface area (Å²) in [5, 5.41) is 9.02. The molecule has 0 unspecified atom stereocenters. The second-order valence-corrected chi connectivity index (χ2v) is 6.54. The Balaban J connectivity index is 2.42. The van der Waals surface area contributed by atoms with E-state index in [1.165, 1.54) is 39.5 Å². The first-order valence-corrected chi connectivity index (χ1v) is 9.49. The van der Waals surface area contributed by atoms with Gasteiger partial charge in [-0.05, 0) is 47.9 Å². The third-order valence-corrected chi connectivity index (χ3v) is 4.44. The van der Waals surface area contributed by atoms with Crippen molar-refractivity contribution < 1.29 is 38.4 Å². The fourth-order valence-corrected chi connectivity index (χ4v) is 2.88. The zero-order chi connectivity index (χ0) is 23.7. The first-order valence-electron chi connectivity index (χ1n) is 9.49. The number of aromatic carboxylic acids is 1. The van der Waals surface area contributed by atoms with E-state index in [-0.39, 0.29) is 17.7 Å². The molecule has 168 valence electrons. The molecular weight excluding hydrogens is 416 g/mol. The molecule has 0 aromatic heterocycles. The zero-order valence-electron chi connectivity index (χ0n) is 18.0. The summed E-state index contributed by atoms with van der Waals surface area (Å²) >= 11 is 0. The molecule has 0 heterocycles. The van der Waals surface area contributed by atoms with Gasteiger partial charge in [0.25, 0.3) is 0 Å². The van der Waals surface area contributed by atoms with Crippen molar-refractivity contribution in [3.63, 3.8) is 0 Å². The molecule has 0 saturated carbocycles. The minimum atomic E-state index is -1.01. The third kappa shape index (κ3) is 5.98. The van der Waals surface area contributed by atoms with E-state index < -0.39 is 17.9 Å². The third-order valence-electron chi connectivity index (χ3n) is 4.44. The first kappa shape index (κ1) is 24.2. The number of esters is 2. The monoisotopic (exact) mass is 440 g/mol. The van der Waals surface area contributed by atoms with Crippen molar-refractivity contribution in [1.82, 2.24) is 0 Å². The molecule has 0 atom stereocenters. The summed E-state index contributed by atoms with van der Waals surface area (Å²) in [7, 11) is 3.81. The number of carboxylic acid groups (broad SMARTS) is 1. The average Bonchev–Trinajstić information content (AvgIpc) is 2.80. The van der Waals surface area contributed by atoms with Gasteiger partial charge in [0, 0.05) is 5.56 Å². The number of carbonyl (C=O) groups is 3. The van der Waals surface area contributed by atoms with Crippen LogP contribution >= 0.6 is 0 Å². The van der Waals surface area contributed by atoms with Crippen molar-refractivity contribution in [3.05, 3.63) is 76.9 Å². The van der Waals surface area contributed by atoms with Gasteiger partial charge in [0.15, 0.2) is 11.5 Å². The van der Waals surface area contributed by atoms with Crippen molar-refractivity contribution >= 4 is 24.0 Å². The molecule has 2 aromatic rings. The van der Waals surface area contributed by atoms with Crippen LogP contribution in [-0.2, 0) is 32.1 Å².